The molecule has 2 N–H and O–H groups in total. The summed E-state index contributed by atoms with van der Waals surface area (Å²) in [5, 5.41) is 12.5. The maximum Gasteiger partial charge on any atom is 0.0820 e. The third-order valence-corrected chi connectivity index (χ3v) is 2.35. The number of nitrogens with one attached hydrogen (secondary N) is 1. The van der Waals surface area contributed by atoms with Crippen LogP contribution < -0.4 is 5.32 Å². The highest BCUT2D eigenvalue weighted by molar-refractivity contribution is 5.17. The van der Waals surface area contributed by atoms with Gasteiger partial charge in [0.2, 0.25) is 0 Å². The Kier molecular flexibility index (Phi) is 2.11. The van der Waals surface area contributed by atoms with E-state index in [1.54, 1.807) is 0 Å². The van der Waals surface area contributed by atoms with Crippen molar-refractivity contribution in [3.05, 3.63) is 35.9 Å². The third kappa shape index (κ3) is 1.49. The van der Waals surface area contributed by atoms with Gasteiger partial charge in [0.25, 0.3) is 0 Å². The molecule has 0 bridgehead atoms. The van der Waals surface area contributed by atoms with Crippen LogP contribution in [0.1, 0.15) is 5.56 Å². The van der Waals surface area contributed by atoms with Crippen LogP contribution in [-0.4, -0.2) is 23.8 Å². The lowest BCUT2D eigenvalue weighted by atomic mass is 9.96. The number of hydrogen-bond donors (Lipinski definition) is 2. The number of hydrogen-bond acceptors (Lipinski definition) is 2. The molecule has 1 aliphatic heterocycles. The van der Waals surface area contributed by atoms with Crippen LogP contribution in [0, 0.1) is 0 Å². The third-order valence-electron chi connectivity index (χ3n) is 2.35. The van der Waals surface area contributed by atoms with Crippen molar-refractivity contribution in [2.45, 2.75) is 18.6 Å². The van der Waals surface area contributed by atoms with Crippen LogP contribution in [0.2, 0.25) is 0 Å². The second kappa shape index (κ2) is 3.25. The Morgan fingerprint density at radius 3 is 2.58 bits per heavy atom. The lowest BCUT2D eigenvalue weighted by molar-refractivity contribution is 0.0616. The van der Waals surface area contributed by atoms with Crippen molar-refractivity contribution in [2.24, 2.45) is 0 Å². The highest BCUT2D eigenvalue weighted by Crippen LogP contribution is 2.10. The number of benzene rings is 1. The van der Waals surface area contributed by atoms with Gasteiger partial charge in [-0.05, 0) is 12.0 Å². The first kappa shape index (κ1) is 7.77. The summed E-state index contributed by atoms with van der Waals surface area (Å²) in [5.41, 5.74) is 1.29. The SMILES string of the molecule is OC1CNC1Cc1ccccc1. The Bertz CT molecular complexity index is 247. The average molecular weight is 163 g/mol. The van der Waals surface area contributed by atoms with Gasteiger partial charge in [0.1, 0.15) is 0 Å². The molecule has 1 aromatic rings. The molecule has 0 aromatic heterocycles. The fraction of sp³-hybridized carbons (Fsp3) is 0.400. The lowest BCUT2D eigenvalue weighted by Crippen LogP contribution is -2.58. The monoisotopic (exact) mass is 163 g/mol. The molecule has 0 radical (unpaired) electrons. The molecule has 0 amide bonds. The molecule has 1 saturated heterocycles. The van der Waals surface area contributed by atoms with E-state index in [9.17, 15) is 5.11 Å². The van der Waals surface area contributed by atoms with Crippen molar-refractivity contribution in [2.75, 3.05) is 6.54 Å². The fourth-order valence-electron chi connectivity index (χ4n) is 1.47. The molecule has 1 aromatic carbocycles. The molecule has 64 valence electrons. The van der Waals surface area contributed by atoms with Crippen molar-refractivity contribution in [3.63, 3.8) is 0 Å². The predicted octanol–water partition coefficient (Wildman–Crippen LogP) is 0.562. The zero-order valence-electron chi connectivity index (χ0n) is 6.90. The molecule has 2 rings (SSSR count). The molecule has 2 nitrogen and oxygen atoms in total. The Labute approximate surface area is 72.2 Å². The van der Waals surface area contributed by atoms with E-state index in [0.717, 1.165) is 13.0 Å². The van der Waals surface area contributed by atoms with E-state index in [1.807, 2.05) is 18.2 Å². The first-order valence-electron chi connectivity index (χ1n) is 4.31. The van der Waals surface area contributed by atoms with Gasteiger partial charge in [0.15, 0.2) is 0 Å². The smallest absolute Gasteiger partial charge is 0.0820 e. The topological polar surface area (TPSA) is 32.3 Å². The van der Waals surface area contributed by atoms with Crippen molar-refractivity contribution in [1.29, 1.82) is 0 Å². The summed E-state index contributed by atoms with van der Waals surface area (Å²) in [6.45, 7) is 0.748. The van der Waals surface area contributed by atoms with Crippen LogP contribution in [0.4, 0.5) is 0 Å². The van der Waals surface area contributed by atoms with E-state index < -0.39 is 0 Å². The largest absolute Gasteiger partial charge is 0.390 e. The molecule has 2 heteroatoms. The van der Waals surface area contributed by atoms with Crippen LogP contribution >= 0.6 is 0 Å². The molecule has 0 spiro atoms. The maximum absolute atomic E-state index is 9.31. The zero-order chi connectivity index (χ0) is 8.39. The van der Waals surface area contributed by atoms with Gasteiger partial charge in [-0.15, -0.1) is 0 Å². The summed E-state index contributed by atoms with van der Waals surface area (Å²) in [5.74, 6) is 0. The highest BCUT2D eigenvalue weighted by Gasteiger charge is 2.27. The van der Waals surface area contributed by atoms with Crippen LogP contribution in [0.3, 0.4) is 0 Å². The number of β-amino-alcohol motifs (C(OH)–C–C–N with tert-alkyl or cyclic N) is 1. The zero-order valence-corrected chi connectivity index (χ0v) is 6.90. The molecule has 1 fully saturated rings. The van der Waals surface area contributed by atoms with Crippen LogP contribution in [0.25, 0.3) is 0 Å². The number of aliphatic hydroxyl groups excluding tert-OH is 1. The van der Waals surface area contributed by atoms with Crippen LogP contribution in [0.15, 0.2) is 30.3 Å². The summed E-state index contributed by atoms with van der Waals surface area (Å²) in [4.78, 5) is 0. The summed E-state index contributed by atoms with van der Waals surface area (Å²) in [6.07, 6.45) is 0.785. The quantitative estimate of drug-likeness (QED) is 0.667. The molecular weight excluding hydrogens is 150 g/mol. The first-order chi connectivity index (χ1) is 5.86. The molecule has 1 aliphatic rings. The Morgan fingerprint density at radius 2 is 2.08 bits per heavy atom. The summed E-state index contributed by atoms with van der Waals surface area (Å²) in [6, 6.07) is 10.5. The van der Waals surface area contributed by atoms with E-state index in [-0.39, 0.29) is 12.1 Å². The first-order valence-corrected chi connectivity index (χ1v) is 4.31. The Hall–Kier alpha value is -0.860. The summed E-state index contributed by atoms with van der Waals surface area (Å²) in [7, 11) is 0. The average Bonchev–Trinajstić information content (AvgIpc) is 2.14. The lowest BCUT2D eigenvalue weighted by Gasteiger charge is -2.34. The van der Waals surface area contributed by atoms with Crippen LogP contribution in [0.5, 0.6) is 0 Å². The molecule has 1 heterocycles. The minimum Gasteiger partial charge on any atom is -0.390 e. The Balaban J connectivity index is 1.95. The molecule has 12 heavy (non-hydrogen) atoms. The minimum absolute atomic E-state index is 0.148. The van der Waals surface area contributed by atoms with E-state index in [0.29, 0.717) is 0 Å². The van der Waals surface area contributed by atoms with Crippen molar-refractivity contribution in [3.8, 4) is 0 Å². The van der Waals surface area contributed by atoms with E-state index in [2.05, 4.69) is 17.4 Å². The van der Waals surface area contributed by atoms with Gasteiger partial charge in [-0.25, -0.2) is 0 Å². The summed E-state index contributed by atoms with van der Waals surface area (Å²) < 4.78 is 0. The molecule has 2 unspecified atom stereocenters. The Morgan fingerprint density at radius 1 is 1.33 bits per heavy atom. The molecule has 0 saturated carbocycles. The standard InChI is InChI=1S/C10H13NO/c12-10-7-11-9(10)6-8-4-2-1-3-5-8/h1-5,9-12H,6-7H2. The molecular formula is C10H13NO. The van der Waals surface area contributed by atoms with E-state index >= 15 is 0 Å². The maximum atomic E-state index is 9.31. The number of rotatable bonds is 2. The van der Waals surface area contributed by atoms with Crippen molar-refractivity contribution in [1.82, 2.24) is 5.32 Å². The minimum atomic E-state index is -0.148. The van der Waals surface area contributed by atoms with Crippen molar-refractivity contribution < 1.29 is 5.11 Å². The van der Waals surface area contributed by atoms with E-state index in [4.69, 9.17) is 0 Å². The van der Waals surface area contributed by atoms with Gasteiger partial charge in [-0.2, -0.15) is 0 Å². The van der Waals surface area contributed by atoms with Crippen molar-refractivity contribution >= 4 is 0 Å². The van der Waals surface area contributed by atoms with Gasteiger partial charge in [0, 0.05) is 12.6 Å². The van der Waals surface area contributed by atoms with E-state index in [1.165, 1.54) is 5.56 Å². The summed E-state index contributed by atoms with van der Waals surface area (Å²) >= 11 is 0. The predicted molar refractivity (Wildman–Crippen MR) is 47.9 cm³/mol. The normalized spacial score (nSPS) is 28.1. The number of aliphatic hydroxyl groups is 1. The fourth-order valence-corrected chi connectivity index (χ4v) is 1.47. The second-order valence-electron chi connectivity index (χ2n) is 3.27. The van der Waals surface area contributed by atoms with Gasteiger partial charge >= 0.3 is 0 Å². The van der Waals surface area contributed by atoms with Gasteiger partial charge in [0.05, 0.1) is 6.10 Å². The van der Waals surface area contributed by atoms with Gasteiger partial charge in [-0.3, -0.25) is 0 Å². The van der Waals surface area contributed by atoms with Gasteiger partial charge in [-0.1, -0.05) is 30.3 Å². The highest BCUT2D eigenvalue weighted by atomic mass is 16.3. The van der Waals surface area contributed by atoms with Gasteiger partial charge < -0.3 is 10.4 Å². The van der Waals surface area contributed by atoms with Crippen LogP contribution in [-0.2, 0) is 6.42 Å². The molecule has 2 atom stereocenters. The molecule has 0 aliphatic carbocycles. The second-order valence-corrected chi connectivity index (χ2v) is 3.27.